The van der Waals surface area contributed by atoms with Crippen LogP contribution in [0.25, 0.3) is 0 Å². The van der Waals surface area contributed by atoms with Crippen molar-refractivity contribution < 1.29 is 9.53 Å². The van der Waals surface area contributed by atoms with Gasteiger partial charge in [-0.25, -0.2) is 0 Å². The van der Waals surface area contributed by atoms with Crippen LogP contribution in [0.3, 0.4) is 0 Å². The van der Waals surface area contributed by atoms with Crippen molar-refractivity contribution in [2.24, 2.45) is 5.92 Å². The summed E-state index contributed by atoms with van der Waals surface area (Å²) in [6.45, 7) is 10.8. The summed E-state index contributed by atoms with van der Waals surface area (Å²) in [6, 6.07) is 7.83. The molecule has 0 saturated heterocycles. The van der Waals surface area contributed by atoms with Gasteiger partial charge in [0, 0.05) is 6.42 Å². The first-order chi connectivity index (χ1) is 15.8. The molecule has 0 spiro atoms. The number of ether oxygens (including phenoxy) is 1. The summed E-state index contributed by atoms with van der Waals surface area (Å²) in [5.74, 6) is 0.716. The highest BCUT2D eigenvalue weighted by Gasteiger charge is 2.14. The molecule has 180 valence electrons. The molecule has 0 aliphatic carbocycles. The maximum Gasteiger partial charge on any atom is 0.311 e. The summed E-state index contributed by atoms with van der Waals surface area (Å²) >= 11 is 0. The molecular formula is C31H44O2. The molecule has 1 atom stereocenters. The Bertz CT molecular complexity index is 798. The first kappa shape index (κ1) is 28.4. The number of benzene rings is 1. The number of hydrogen-bond acceptors (Lipinski definition) is 2. The highest BCUT2D eigenvalue weighted by Crippen LogP contribution is 2.24. The lowest BCUT2D eigenvalue weighted by Gasteiger charge is -2.19. The van der Waals surface area contributed by atoms with E-state index in [9.17, 15) is 4.79 Å². The Balaban J connectivity index is 2.17. The molecule has 0 aromatic heterocycles. The standard InChI is InChI=1S/C31H44O2/c1-6-7-8-9-10-11-12-13-14-15-16-17-18-19-20-21-27(2)26-30(32)33-29-24-22-28(23-25-29)31(3,4)5/h7-8,10-11,13-14,16-17,19-20,22-25,27H,6,9,12,15,18,21,26H2,1-5H3. The Labute approximate surface area is 202 Å². The second-order valence-corrected chi connectivity index (χ2v) is 9.50. The van der Waals surface area contributed by atoms with Gasteiger partial charge in [0.15, 0.2) is 0 Å². The van der Waals surface area contributed by atoms with E-state index < -0.39 is 0 Å². The largest absolute Gasteiger partial charge is 0.427 e. The SMILES string of the molecule is CCC=CCC=CCC=CCC=CCC=CCC(C)CC(=O)Oc1ccc(C(C)(C)C)cc1. The van der Waals surface area contributed by atoms with E-state index in [1.54, 1.807) is 0 Å². The zero-order valence-corrected chi connectivity index (χ0v) is 21.4. The van der Waals surface area contributed by atoms with Crippen molar-refractivity contribution in [3.8, 4) is 5.75 Å². The second kappa shape index (κ2) is 16.9. The topological polar surface area (TPSA) is 26.3 Å². The number of carbonyl (C=O) groups is 1. The lowest BCUT2D eigenvalue weighted by atomic mass is 9.87. The monoisotopic (exact) mass is 448 g/mol. The molecule has 0 amide bonds. The lowest BCUT2D eigenvalue weighted by Crippen LogP contribution is -2.13. The van der Waals surface area contributed by atoms with E-state index in [1.165, 1.54) is 5.56 Å². The summed E-state index contributed by atoms with van der Waals surface area (Å²) in [5, 5.41) is 0. The fourth-order valence-corrected chi connectivity index (χ4v) is 3.14. The molecule has 1 aromatic carbocycles. The van der Waals surface area contributed by atoms with Crippen LogP contribution in [0, 0.1) is 5.92 Å². The van der Waals surface area contributed by atoms with Crippen LogP contribution in [0.15, 0.2) is 85.0 Å². The Morgan fingerprint density at radius 2 is 1.24 bits per heavy atom. The van der Waals surface area contributed by atoms with Crippen LogP contribution in [0.1, 0.15) is 85.1 Å². The summed E-state index contributed by atoms with van der Waals surface area (Å²) in [4.78, 5) is 12.2. The van der Waals surface area contributed by atoms with Crippen LogP contribution < -0.4 is 4.74 Å². The average molecular weight is 449 g/mol. The van der Waals surface area contributed by atoms with Gasteiger partial charge in [0.25, 0.3) is 0 Å². The van der Waals surface area contributed by atoms with Crippen LogP contribution in [-0.2, 0) is 10.2 Å². The molecule has 0 fully saturated rings. The van der Waals surface area contributed by atoms with E-state index in [2.05, 4.69) is 95.4 Å². The summed E-state index contributed by atoms with van der Waals surface area (Å²) < 4.78 is 5.49. The van der Waals surface area contributed by atoms with E-state index in [4.69, 9.17) is 4.74 Å². The van der Waals surface area contributed by atoms with Crippen molar-refractivity contribution in [2.75, 3.05) is 0 Å². The van der Waals surface area contributed by atoms with Crippen molar-refractivity contribution in [1.82, 2.24) is 0 Å². The predicted molar refractivity (Wildman–Crippen MR) is 144 cm³/mol. The third-order valence-corrected chi connectivity index (χ3v) is 5.16. The maximum atomic E-state index is 12.2. The maximum absolute atomic E-state index is 12.2. The van der Waals surface area contributed by atoms with Gasteiger partial charge in [0.1, 0.15) is 5.75 Å². The van der Waals surface area contributed by atoms with Crippen LogP contribution in [0.2, 0.25) is 0 Å². The fourth-order valence-electron chi connectivity index (χ4n) is 3.14. The second-order valence-electron chi connectivity index (χ2n) is 9.50. The average Bonchev–Trinajstić information content (AvgIpc) is 2.76. The smallest absolute Gasteiger partial charge is 0.311 e. The number of carbonyl (C=O) groups excluding carboxylic acids is 1. The highest BCUT2D eigenvalue weighted by molar-refractivity contribution is 5.72. The van der Waals surface area contributed by atoms with Crippen molar-refractivity contribution in [3.05, 3.63) is 90.6 Å². The van der Waals surface area contributed by atoms with Gasteiger partial charge in [-0.05, 0) is 67.6 Å². The van der Waals surface area contributed by atoms with Crippen molar-refractivity contribution >= 4 is 5.97 Å². The minimum absolute atomic E-state index is 0.0955. The van der Waals surface area contributed by atoms with Crippen molar-refractivity contribution in [3.63, 3.8) is 0 Å². The van der Waals surface area contributed by atoms with Crippen molar-refractivity contribution in [2.45, 2.75) is 85.0 Å². The molecule has 2 heteroatoms. The van der Waals surface area contributed by atoms with E-state index >= 15 is 0 Å². The number of hydrogen-bond donors (Lipinski definition) is 0. The normalized spacial score (nSPS) is 13.8. The lowest BCUT2D eigenvalue weighted by molar-refractivity contribution is -0.135. The van der Waals surface area contributed by atoms with Gasteiger partial charge in [-0.3, -0.25) is 4.79 Å². The van der Waals surface area contributed by atoms with Gasteiger partial charge in [-0.2, -0.15) is 0 Å². The molecule has 33 heavy (non-hydrogen) atoms. The Morgan fingerprint density at radius 1 is 0.788 bits per heavy atom. The first-order valence-electron chi connectivity index (χ1n) is 12.4. The molecule has 0 heterocycles. The molecule has 0 aliphatic rings. The third-order valence-electron chi connectivity index (χ3n) is 5.16. The summed E-state index contributed by atoms with van der Waals surface area (Å²) in [7, 11) is 0. The van der Waals surface area contributed by atoms with Crippen molar-refractivity contribution in [1.29, 1.82) is 0 Å². The van der Waals surface area contributed by atoms with Crippen LogP contribution in [-0.4, -0.2) is 5.97 Å². The molecule has 0 radical (unpaired) electrons. The van der Waals surface area contributed by atoms with E-state index in [-0.39, 0.29) is 17.3 Å². The zero-order valence-electron chi connectivity index (χ0n) is 21.4. The molecule has 0 aliphatic heterocycles. The summed E-state index contributed by atoms with van der Waals surface area (Å²) in [5.41, 5.74) is 1.33. The molecule has 1 aromatic rings. The molecule has 0 N–H and O–H groups in total. The van der Waals surface area contributed by atoms with Crippen LogP contribution >= 0.6 is 0 Å². The van der Waals surface area contributed by atoms with Gasteiger partial charge in [-0.1, -0.05) is 108 Å². The van der Waals surface area contributed by atoms with E-state index in [0.29, 0.717) is 12.2 Å². The Kier molecular flexibility index (Phi) is 14.6. The minimum Gasteiger partial charge on any atom is -0.427 e. The minimum atomic E-state index is -0.168. The van der Waals surface area contributed by atoms with Crippen LogP contribution in [0.5, 0.6) is 5.75 Å². The number of allylic oxidation sites excluding steroid dienone is 10. The van der Waals surface area contributed by atoms with Crippen LogP contribution in [0.4, 0.5) is 0 Å². The molecular weight excluding hydrogens is 404 g/mol. The quantitative estimate of drug-likeness (QED) is 0.161. The zero-order chi connectivity index (χ0) is 24.4. The predicted octanol–water partition coefficient (Wildman–Crippen LogP) is 9.06. The van der Waals surface area contributed by atoms with Gasteiger partial charge in [0.2, 0.25) is 0 Å². The molecule has 1 unspecified atom stereocenters. The first-order valence-corrected chi connectivity index (χ1v) is 12.4. The highest BCUT2D eigenvalue weighted by atomic mass is 16.5. The molecule has 0 bridgehead atoms. The van der Waals surface area contributed by atoms with E-state index in [0.717, 1.165) is 38.5 Å². The number of esters is 1. The number of rotatable bonds is 14. The van der Waals surface area contributed by atoms with Gasteiger partial charge >= 0.3 is 5.97 Å². The molecule has 1 rings (SSSR count). The Morgan fingerprint density at radius 3 is 1.70 bits per heavy atom. The molecule has 2 nitrogen and oxygen atoms in total. The van der Waals surface area contributed by atoms with E-state index in [1.807, 2.05) is 24.3 Å². The fraction of sp³-hybridized carbons (Fsp3) is 0.452. The van der Waals surface area contributed by atoms with Gasteiger partial charge < -0.3 is 4.74 Å². The Hall–Kier alpha value is -2.61. The van der Waals surface area contributed by atoms with Gasteiger partial charge in [0.05, 0.1) is 0 Å². The summed E-state index contributed by atoms with van der Waals surface area (Å²) in [6.07, 6.45) is 28.3. The third kappa shape index (κ3) is 15.0. The van der Waals surface area contributed by atoms with Gasteiger partial charge in [-0.15, -0.1) is 0 Å². The molecule has 0 saturated carbocycles.